The fraction of sp³-hybridized carbons (Fsp3) is 0.238. The summed E-state index contributed by atoms with van der Waals surface area (Å²) in [5.74, 6) is -1.39. The first kappa shape index (κ1) is 19.6. The Morgan fingerprint density at radius 1 is 0.929 bits per heavy atom. The molecule has 0 amide bonds. The highest BCUT2D eigenvalue weighted by molar-refractivity contribution is 6.19. The third-order valence-corrected chi connectivity index (χ3v) is 4.26. The number of aliphatic hydroxyl groups excluding tert-OH is 1. The van der Waals surface area contributed by atoms with Crippen molar-refractivity contribution in [2.45, 2.75) is 13.1 Å². The van der Waals surface area contributed by atoms with Gasteiger partial charge >= 0.3 is 0 Å². The minimum atomic E-state index is -0.508. The first-order chi connectivity index (χ1) is 13.6. The molecule has 3 rings (SSSR count). The average Bonchev–Trinajstić information content (AvgIpc) is 2.70. The SMILES string of the molecule is O=C1C=C(O)C(=O)C(CNCCN(Cc2ccccn2)Cc2ccccn2)=C1. The highest BCUT2D eigenvalue weighted by Gasteiger charge is 2.20. The van der Waals surface area contributed by atoms with E-state index in [1.807, 2.05) is 36.4 Å². The normalized spacial score (nSPS) is 14.2. The minimum Gasteiger partial charge on any atom is -0.504 e. The van der Waals surface area contributed by atoms with Gasteiger partial charge in [-0.15, -0.1) is 0 Å². The van der Waals surface area contributed by atoms with Gasteiger partial charge in [0.2, 0.25) is 5.78 Å². The van der Waals surface area contributed by atoms with E-state index in [2.05, 4.69) is 20.2 Å². The lowest BCUT2D eigenvalue weighted by Crippen LogP contribution is -2.34. The topological polar surface area (TPSA) is 95.4 Å². The quantitative estimate of drug-likeness (QED) is 0.505. The first-order valence-corrected chi connectivity index (χ1v) is 9.04. The van der Waals surface area contributed by atoms with E-state index in [9.17, 15) is 14.7 Å². The van der Waals surface area contributed by atoms with Gasteiger partial charge in [0.15, 0.2) is 11.5 Å². The summed E-state index contributed by atoms with van der Waals surface area (Å²) in [6.07, 6.45) is 5.73. The Hall–Kier alpha value is -3.16. The number of hydrogen-bond donors (Lipinski definition) is 2. The van der Waals surface area contributed by atoms with Crippen LogP contribution in [0.5, 0.6) is 0 Å². The van der Waals surface area contributed by atoms with E-state index in [-0.39, 0.29) is 17.9 Å². The van der Waals surface area contributed by atoms with Gasteiger partial charge in [-0.3, -0.25) is 24.5 Å². The Morgan fingerprint density at radius 3 is 2.14 bits per heavy atom. The molecule has 0 radical (unpaired) electrons. The summed E-state index contributed by atoms with van der Waals surface area (Å²) >= 11 is 0. The van der Waals surface area contributed by atoms with Crippen molar-refractivity contribution in [2.75, 3.05) is 19.6 Å². The number of ketones is 2. The van der Waals surface area contributed by atoms with Crippen molar-refractivity contribution in [2.24, 2.45) is 0 Å². The van der Waals surface area contributed by atoms with Crippen molar-refractivity contribution < 1.29 is 14.7 Å². The second-order valence-electron chi connectivity index (χ2n) is 6.46. The van der Waals surface area contributed by atoms with Crippen molar-refractivity contribution in [3.63, 3.8) is 0 Å². The molecular weight excluding hydrogens is 356 g/mol. The largest absolute Gasteiger partial charge is 0.504 e. The Kier molecular flexibility index (Phi) is 6.78. The van der Waals surface area contributed by atoms with Gasteiger partial charge in [0, 0.05) is 56.8 Å². The second-order valence-corrected chi connectivity index (χ2v) is 6.46. The Bertz CT molecular complexity index is 838. The number of carbonyl (C=O) groups is 2. The zero-order chi connectivity index (χ0) is 19.8. The van der Waals surface area contributed by atoms with Crippen LogP contribution >= 0.6 is 0 Å². The number of nitrogens with one attached hydrogen (secondary N) is 1. The smallest absolute Gasteiger partial charge is 0.224 e. The Labute approximate surface area is 163 Å². The van der Waals surface area contributed by atoms with Gasteiger partial charge in [-0.25, -0.2) is 0 Å². The van der Waals surface area contributed by atoms with Crippen molar-refractivity contribution >= 4 is 11.6 Å². The van der Waals surface area contributed by atoms with Gasteiger partial charge in [-0.05, 0) is 30.3 Å². The number of allylic oxidation sites excluding steroid dienone is 3. The summed E-state index contributed by atoms with van der Waals surface area (Å²) < 4.78 is 0. The van der Waals surface area contributed by atoms with Crippen LogP contribution in [0.25, 0.3) is 0 Å². The van der Waals surface area contributed by atoms with E-state index in [1.54, 1.807) is 12.4 Å². The molecule has 0 saturated carbocycles. The number of hydrogen-bond acceptors (Lipinski definition) is 7. The van der Waals surface area contributed by atoms with Crippen LogP contribution in [0.1, 0.15) is 11.4 Å². The van der Waals surface area contributed by atoms with Gasteiger partial charge in [0.05, 0.1) is 11.4 Å². The molecular formula is C21H22N4O3. The highest BCUT2D eigenvalue weighted by Crippen LogP contribution is 2.10. The van der Waals surface area contributed by atoms with Gasteiger partial charge < -0.3 is 10.4 Å². The highest BCUT2D eigenvalue weighted by atomic mass is 16.3. The molecule has 0 atom stereocenters. The first-order valence-electron chi connectivity index (χ1n) is 9.04. The Balaban J connectivity index is 1.55. The molecule has 28 heavy (non-hydrogen) atoms. The number of aliphatic hydroxyl groups is 1. The molecule has 0 bridgehead atoms. The summed E-state index contributed by atoms with van der Waals surface area (Å²) in [7, 11) is 0. The van der Waals surface area contributed by atoms with Crippen LogP contribution < -0.4 is 5.32 Å². The molecule has 1 aliphatic rings. The van der Waals surface area contributed by atoms with E-state index < -0.39 is 11.5 Å². The molecule has 7 nitrogen and oxygen atoms in total. The molecule has 0 saturated heterocycles. The number of carbonyl (C=O) groups excluding carboxylic acids is 2. The predicted molar refractivity (Wildman–Crippen MR) is 104 cm³/mol. The van der Waals surface area contributed by atoms with Gasteiger partial charge in [0.1, 0.15) is 0 Å². The zero-order valence-corrected chi connectivity index (χ0v) is 15.4. The minimum absolute atomic E-state index is 0.226. The summed E-state index contributed by atoms with van der Waals surface area (Å²) in [6.45, 7) is 2.86. The molecule has 0 spiro atoms. The molecule has 7 heteroatoms. The third kappa shape index (κ3) is 5.67. The molecule has 1 aliphatic carbocycles. The van der Waals surface area contributed by atoms with Crippen LogP contribution in [0.2, 0.25) is 0 Å². The van der Waals surface area contributed by atoms with E-state index in [0.717, 1.165) is 17.5 Å². The maximum atomic E-state index is 11.9. The molecule has 0 aliphatic heterocycles. The van der Waals surface area contributed by atoms with Gasteiger partial charge in [0.25, 0.3) is 0 Å². The van der Waals surface area contributed by atoms with Crippen LogP contribution in [0.3, 0.4) is 0 Å². The number of nitrogens with zero attached hydrogens (tertiary/aromatic N) is 3. The molecule has 2 heterocycles. The van der Waals surface area contributed by atoms with Crippen molar-refractivity contribution in [3.8, 4) is 0 Å². The summed E-state index contributed by atoms with van der Waals surface area (Å²) in [5.41, 5.74) is 2.19. The maximum Gasteiger partial charge on any atom is 0.224 e. The van der Waals surface area contributed by atoms with Crippen LogP contribution in [-0.4, -0.2) is 51.2 Å². The van der Waals surface area contributed by atoms with Crippen LogP contribution in [0.4, 0.5) is 0 Å². The van der Waals surface area contributed by atoms with Crippen LogP contribution in [0, 0.1) is 0 Å². The van der Waals surface area contributed by atoms with Crippen LogP contribution in [-0.2, 0) is 22.7 Å². The fourth-order valence-corrected chi connectivity index (χ4v) is 2.89. The van der Waals surface area contributed by atoms with E-state index in [4.69, 9.17) is 0 Å². The lowest BCUT2D eigenvalue weighted by molar-refractivity contribution is -0.117. The predicted octanol–water partition coefficient (Wildman–Crippen LogP) is 1.59. The maximum absolute atomic E-state index is 11.9. The molecule has 0 unspecified atom stereocenters. The van der Waals surface area contributed by atoms with E-state index >= 15 is 0 Å². The van der Waals surface area contributed by atoms with Crippen molar-refractivity contribution in [1.29, 1.82) is 0 Å². The molecule has 0 aromatic carbocycles. The van der Waals surface area contributed by atoms with E-state index in [1.165, 1.54) is 6.08 Å². The number of Topliss-reactive ketones (excluding diaryl/α,β-unsaturated/α-hetero) is 1. The van der Waals surface area contributed by atoms with Crippen LogP contribution in [0.15, 0.2) is 72.3 Å². The summed E-state index contributed by atoms with van der Waals surface area (Å²) in [5, 5.41) is 12.7. The average molecular weight is 378 g/mol. The number of aromatic nitrogens is 2. The standard InChI is InChI=1S/C21H22N4O3/c26-19-11-16(21(28)20(27)12-19)13-22-9-10-25(14-17-5-1-3-7-23-17)15-18-6-2-4-8-24-18/h1-8,11-12,22,27H,9-10,13-15H2. The molecule has 2 N–H and O–H groups in total. The molecule has 0 fully saturated rings. The molecule has 2 aromatic heterocycles. The zero-order valence-electron chi connectivity index (χ0n) is 15.4. The third-order valence-electron chi connectivity index (χ3n) is 4.26. The fourth-order valence-electron chi connectivity index (χ4n) is 2.89. The Morgan fingerprint density at radius 2 is 1.57 bits per heavy atom. The van der Waals surface area contributed by atoms with Gasteiger partial charge in [-0.1, -0.05) is 12.1 Å². The number of pyridine rings is 2. The molecule has 144 valence electrons. The molecule has 2 aromatic rings. The summed E-state index contributed by atoms with van der Waals surface area (Å²) in [4.78, 5) is 34.3. The van der Waals surface area contributed by atoms with Gasteiger partial charge in [-0.2, -0.15) is 0 Å². The van der Waals surface area contributed by atoms with Crippen molar-refractivity contribution in [1.82, 2.24) is 20.2 Å². The van der Waals surface area contributed by atoms with Crippen molar-refractivity contribution in [3.05, 3.63) is 83.7 Å². The summed E-state index contributed by atoms with van der Waals surface area (Å²) in [6, 6.07) is 11.6. The van der Waals surface area contributed by atoms with E-state index in [0.29, 0.717) is 26.2 Å². The number of rotatable bonds is 9. The lowest BCUT2D eigenvalue weighted by atomic mass is 10.0. The lowest BCUT2D eigenvalue weighted by Gasteiger charge is -2.22. The monoisotopic (exact) mass is 378 g/mol. The second kappa shape index (κ2) is 9.68.